The molecule has 0 atom stereocenters. The Morgan fingerprint density at radius 2 is 2.19 bits per heavy atom. The molecule has 1 aromatic heterocycles. The maximum atomic E-state index is 4.28. The first-order chi connectivity index (χ1) is 9.88. The van der Waals surface area contributed by atoms with Gasteiger partial charge in [-0.05, 0) is 44.2 Å². The third-order valence-electron chi connectivity index (χ3n) is 3.51. The molecule has 0 saturated heterocycles. The van der Waals surface area contributed by atoms with E-state index in [1.807, 2.05) is 24.4 Å². The Kier molecular flexibility index (Phi) is 9.05. The van der Waals surface area contributed by atoms with E-state index in [0.717, 1.165) is 24.6 Å². The number of halogens is 1. The van der Waals surface area contributed by atoms with E-state index in [1.165, 1.54) is 25.7 Å². The smallest absolute Gasteiger partial charge is 0.191 e. The topological polar surface area (TPSA) is 49.3 Å². The zero-order chi connectivity index (χ0) is 14.0. The van der Waals surface area contributed by atoms with Crippen LogP contribution in [0.15, 0.2) is 41.0 Å². The molecule has 0 saturated carbocycles. The van der Waals surface area contributed by atoms with E-state index in [4.69, 9.17) is 0 Å². The third kappa shape index (κ3) is 6.93. The van der Waals surface area contributed by atoms with E-state index in [2.05, 4.69) is 26.7 Å². The summed E-state index contributed by atoms with van der Waals surface area (Å²) in [5.74, 6) is 0.840. The Labute approximate surface area is 144 Å². The van der Waals surface area contributed by atoms with Gasteiger partial charge >= 0.3 is 0 Å². The van der Waals surface area contributed by atoms with Gasteiger partial charge in [-0.3, -0.25) is 9.98 Å². The molecule has 0 bridgehead atoms. The van der Waals surface area contributed by atoms with Gasteiger partial charge in [-0.1, -0.05) is 17.7 Å². The normalized spacial score (nSPS) is 14.9. The highest BCUT2D eigenvalue weighted by Gasteiger charge is 2.04. The second-order valence-electron chi connectivity index (χ2n) is 5.03. The quantitative estimate of drug-likeness (QED) is 0.345. The van der Waals surface area contributed by atoms with Gasteiger partial charge in [0.15, 0.2) is 5.96 Å². The van der Waals surface area contributed by atoms with E-state index in [0.29, 0.717) is 6.54 Å². The fourth-order valence-corrected chi connectivity index (χ4v) is 2.37. The molecule has 116 valence electrons. The largest absolute Gasteiger partial charge is 0.356 e. The highest BCUT2D eigenvalue weighted by atomic mass is 127. The zero-order valence-electron chi connectivity index (χ0n) is 12.6. The van der Waals surface area contributed by atoms with E-state index in [9.17, 15) is 0 Å². The highest BCUT2D eigenvalue weighted by molar-refractivity contribution is 14.0. The van der Waals surface area contributed by atoms with Gasteiger partial charge in [0.2, 0.25) is 0 Å². The zero-order valence-corrected chi connectivity index (χ0v) is 15.0. The number of aromatic nitrogens is 1. The van der Waals surface area contributed by atoms with Crippen molar-refractivity contribution in [3.63, 3.8) is 0 Å². The summed E-state index contributed by atoms with van der Waals surface area (Å²) >= 11 is 0. The molecule has 1 aliphatic rings. The Morgan fingerprint density at radius 1 is 1.29 bits per heavy atom. The number of hydrogen-bond donors (Lipinski definition) is 2. The number of pyridine rings is 1. The van der Waals surface area contributed by atoms with Gasteiger partial charge in [0.05, 0.1) is 12.2 Å². The average molecular weight is 400 g/mol. The number of rotatable bonds is 5. The molecule has 0 spiro atoms. The van der Waals surface area contributed by atoms with Crippen molar-refractivity contribution in [1.29, 1.82) is 0 Å². The molecular weight excluding hydrogens is 375 g/mol. The van der Waals surface area contributed by atoms with Crippen molar-refractivity contribution >= 4 is 29.9 Å². The molecule has 0 aliphatic heterocycles. The molecule has 1 heterocycles. The predicted molar refractivity (Wildman–Crippen MR) is 99.0 cm³/mol. The summed E-state index contributed by atoms with van der Waals surface area (Å²) in [6, 6.07) is 5.93. The Bertz CT molecular complexity index is 457. The van der Waals surface area contributed by atoms with Crippen LogP contribution in [0.1, 0.15) is 37.8 Å². The average Bonchev–Trinajstić information content (AvgIpc) is 2.52. The SMILES string of the molecule is CN=C(NCCC1=CCCCC1)NCc1ccccn1.I. The fraction of sp³-hybridized carbons (Fsp3) is 0.500. The highest BCUT2D eigenvalue weighted by Crippen LogP contribution is 2.19. The van der Waals surface area contributed by atoms with Crippen LogP contribution in [-0.2, 0) is 6.54 Å². The second-order valence-corrected chi connectivity index (χ2v) is 5.03. The third-order valence-corrected chi connectivity index (χ3v) is 3.51. The van der Waals surface area contributed by atoms with Crippen LogP contribution in [0.3, 0.4) is 0 Å². The van der Waals surface area contributed by atoms with Crippen LogP contribution in [0.25, 0.3) is 0 Å². The minimum atomic E-state index is 0. The summed E-state index contributed by atoms with van der Waals surface area (Å²) in [6.07, 6.45) is 10.5. The van der Waals surface area contributed by atoms with E-state index in [-0.39, 0.29) is 24.0 Å². The summed E-state index contributed by atoms with van der Waals surface area (Å²) in [4.78, 5) is 8.52. The fourth-order valence-electron chi connectivity index (χ4n) is 2.37. The molecule has 0 amide bonds. The monoisotopic (exact) mass is 400 g/mol. The van der Waals surface area contributed by atoms with E-state index in [1.54, 1.807) is 12.6 Å². The minimum absolute atomic E-state index is 0. The van der Waals surface area contributed by atoms with Crippen molar-refractivity contribution in [2.45, 2.75) is 38.6 Å². The van der Waals surface area contributed by atoms with E-state index >= 15 is 0 Å². The lowest BCUT2D eigenvalue weighted by atomic mass is 9.97. The Hall–Kier alpha value is -1.11. The van der Waals surface area contributed by atoms with Crippen molar-refractivity contribution in [3.05, 3.63) is 41.7 Å². The number of hydrogen-bond acceptors (Lipinski definition) is 2. The standard InChI is InChI=1S/C16H24N4.HI/c1-17-16(20-13-15-9-5-6-11-18-15)19-12-10-14-7-3-2-4-8-14;/h5-7,9,11H,2-4,8,10,12-13H2,1H3,(H2,17,19,20);1H. The second kappa shape index (κ2) is 10.6. The first kappa shape index (κ1) is 17.9. The summed E-state index contributed by atoms with van der Waals surface area (Å²) in [6.45, 7) is 1.64. The van der Waals surface area contributed by atoms with Gasteiger partial charge in [-0.2, -0.15) is 0 Å². The van der Waals surface area contributed by atoms with Crippen LogP contribution in [0.5, 0.6) is 0 Å². The van der Waals surface area contributed by atoms with E-state index < -0.39 is 0 Å². The lowest BCUT2D eigenvalue weighted by molar-refractivity contribution is 0.665. The van der Waals surface area contributed by atoms with Crippen molar-refractivity contribution in [3.8, 4) is 0 Å². The number of aliphatic imine (C=N–C) groups is 1. The minimum Gasteiger partial charge on any atom is -0.356 e. The van der Waals surface area contributed by atoms with Crippen LogP contribution in [0.2, 0.25) is 0 Å². The van der Waals surface area contributed by atoms with Gasteiger partial charge in [-0.15, -0.1) is 24.0 Å². The van der Waals surface area contributed by atoms with Crippen LogP contribution in [0.4, 0.5) is 0 Å². The molecule has 0 fully saturated rings. The molecule has 21 heavy (non-hydrogen) atoms. The van der Waals surface area contributed by atoms with Crippen LogP contribution < -0.4 is 10.6 Å². The van der Waals surface area contributed by atoms with Crippen molar-refractivity contribution in [2.75, 3.05) is 13.6 Å². The molecule has 2 rings (SSSR count). The molecule has 4 nitrogen and oxygen atoms in total. The van der Waals surface area contributed by atoms with Gasteiger partial charge in [0, 0.05) is 19.8 Å². The number of allylic oxidation sites excluding steroid dienone is 1. The van der Waals surface area contributed by atoms with Crippen LogP contribution >= 0.6 is 24.0 Å². The molecule has 2 N–H and O–H groups in total. The molecule has 0 radical (unpaired) electrons. The summed E-state index contributed by atoms with van der Waals surface area (Å²) < 4.78 is 0. The summed E-state index contributed by atoms with van der Waals surface area (Å²) in [5, 5.41) is 6.64. The maximum Gasteiger partial charge on any atom is 0.191 e. The molecule has 5 heteroatoms. The Morgan fingerprint density at radius 3 is 2.86 bits per heavy atom. The molecule has 1 aliphatic carbocycles. The lowest BCUT2D eigenvalue weighted by Crippen LogP contribution is -2.37. The van der Waals surface area contributed by atoms with Crippen molar-refractivity contribution < 1.29 is 0 Å². The first-order valence-corrected chi connectivity index (χ1v) is 7.41. The number of guanidine groups is 1. The van der Waals surface area contributed by atoms with Gasteiger partial charge in [0.25, 0.3) is 0 Å². The number of nitrogens with zero attached hydrogens (tertiary/aromatic N) is 2. The molecule has 1 aromatic rings. The summed E-state index contributed by atoms with van der Waals surface area (Å²) in [7, 11) is 1.80. The van der Waals surface area contributed by atoms with Crippen LogP contribution in [-0.4, -0.2) is 24.5 Å². The van der Waals surface area contributed by atoms with Gasteiger partial charge < -0.3 is 10.6 Å². The van der Waals surface area contributed by atoms with Crippen molar-refractivity contribution in [2.24, 2.45) is 4.99 Å². The number of nitrogens with one attached hydrogen (secondary N) is 2. The molecular formula is C16H25IN4. The Balaban J connectivity index is 0.00000220. The lowest BCUT2D eigenvalue weighted by Gasteiger charge is -2.15. The van der Waals surface area contributed by atoms with Gasteiger partial charge in [0.1, 0.15) is 0 Å². The van der Waals surface area contributed by atoms with Crippen LogP contribution in [0, 0.1) is 0 Å². The molecule has 0 aromatic carbocycles. The molecule has 0 unspecified atom stereocenters. The summed E-state index contributed by atoms with van der Waals surface area (Å²) in [5.41, 5.74) is 2.61. The predicted octanol–water partition coefficient (Wildman–Crippen LogP) is 3.26. The maximum absolute atomic E-state index is 4.28. The van der Waals surface area contributed by atoms with Crippen molar-refractivity contribution in [1.82, 2.24) is 15.6 Å². The van der Waals surface area contributed by atoms with Gasteiger partial charge in [-0.25, -0.2) is 0 Å². The first-order valence-electron chi connectivity index (χ1n) is 7.41.